The van der Waals surface area contributed by atoms with E-state index in [-0.39, 0.29) is 20.1 Å². The minimum Gasteiger partial charge on any atom is 0 e. The fourth-order valence-electron chi connectivity index (χ4n) is 6.72. The van der Waals surface area contributed by atoms with Crippen molar-refractivity contribution in [2.75, 3.05) is 0 Å². The van der Waals surface area contributed by atoms with Crippen molar-refractivity contribution in [3.05, 3.63) is 156 Å². The molecular formula is C47H46GeIrN2SSi-2. The number of fused-ring (bicyclic) bond motifs is 4. The first kappa shape index (κ1) is 37.6. The third-order valence-electron chi connectivity index (χ3n) is 9.76. The number of pyridine rings is 2. The van der Waals surface area contributed by atoms with Crippen molar-refractivity contribution in [1.82, 2.24) is 9.97 Å². The van der Waals surface area contributed by atoms with Gasteiger partial charge in [-0.05, 0) is 23.2 Å². The van der Waals surface area contributed by atoms with Gasteiger partial charge in [0.2, 0.25) is 0 Å². The predicted molar refractivity (Wildman–Crippen MR) is 232 cm³/mol. The van der Waals surface area contributed by atoms with Gasteiger partial charge in [-0.1, -0.05) is 55.5 Å². The van der Waals surface area contributed by atoms with Gasteiger partial charge in [0, 0.05) is 26.3 Å². The molecule has 0 aliphatic rings. The molecule has 3 aromatic heterocycles. The van der Waals surface area contributed by atoms with Crippen LogP contribution in [0.25, 0.3) is 53.5 Å². The Labute approximate surface area is 337 Å². The topological polar surface area (TPSA) is 25.8 Å². The average Bonchev–Trinajstić information content (AvgIpc) is 3.54. The van der Waals surface area contributed by atoms with Crippen LogP contribution < -0.4 is 9.58 Å². The van der Waals surface area contributed by atoms with Crippen LogP contribution in [0.5, 0.6) is 0 Å². The van der Waals surface area contributed by atoms with Crippen LogP contribution in [0, 0.1) is 19.1 Å². The maximum Gasteiger partial charge on any atom is 0 e. The van der Waals surface area contributed by atoms with Crippen LogP contribution in [-0.4, -0.2) is 31.3 Å². The van der Waals surface area contributed by atoms with Gasteiger partial charge in [-0.15, -0.1) is 35.9 Å². The van der Waals surface area contributed by atoms with E-state index in [1.54, 1.807) is 4.40 Å². The molecule has 1 unspecified atom stereocenters. The molecule has 0 spiro atoms. The minimum atomic E-state index is -2.06. The number of hydrogen-bond donors (Lipinski definition) is 0. The fourth-order valence-corrected chi connectivity index (χ4v) is 12.6. The van der Waals surface area contributed by atoms with Crippen molar-refractivity contribution in [2.24, 2.45) is 0 Å². The summed E-state index contributed by atoms with van der Waals surface area (Å²) in [6, 6.07) is 46.9. The largest absolute Gasteiger partial charge is 0 e. The van der Waals surface area contributed by atoms with E-state index in [0.29, 0.717) is 0 Å². The third kappa shape index (κ3) is 8.51. The first-order valence-corrected chi connectivity index (χ1v) is 29.6. The van der Waals surface area contributed by atoms with E-state index in [2.05, 4.69) is 140 Å². The van der Waals surface area contributed by atoms with Crippen LogP contribution in [0.2, 0.25) is 36.9 Å². The quantitative estimate of drug-likeness (QED) is 0.123. The molecule has 0 saturated heterocycles. The van der Waals surface area contributed by atoms with Crippen molar-refractivity contribution < 1.29 is 21.5 Å². The summed E-state index contributed by atoms with van der Waals surface area (Å²) in [4.78, 5) is 9.29. The summed E-state index contributed by atoms with van der Waals surface area (Å²) >= 11 is -0.224. The molecule has 0 fully saturated rings. The van der Waals surface area contributed by atoms with Gasteiger partial charge < -0.3 is 4.98 Å². The van der Waals surface area contributed by atoms with Crippen LogP contribution in [0.3, 0.4) is 0 Å². The van der Waals surface area contributed by atoms with Crippen molar-refractivity contribution in [3.8, 4) is 22.5 Å². The van der Waals surface area contributed by atoms with Gasteiger partial charge in [0.15, 0.2) is 0 Å². The van der Waals surface area contributed by atoms with Gasteiger partial charge >= 0.3 is 186 Å². The van der Waals surface area contributed by atoms with Crippen molar-refractivity contribution in [1.29, 1.82) is 0 Å². The molecule has 0 amide bonds. The molecule has 269 valence electrons. The van der Waals surface area contributed by atoms with E-state index >= 15 is 0 Å². The monoisotopic (exact) mass is 966 g/mol. The molecule has 0 bridgehead atoms. The van der Waals surface area contributed by atoms with Crippen LogP contribution in [0.15, 0.2) is 128 Å². The normalized spacial score (nSPS) is 13.2. The molecule has 6 heteroatoms. The second kappa shape index (κ2) is 15.9. The molecule has 8 aromatic rings. The van der Waals surface area contributed by atoms with Gasteiger partial charge in [-0.3, -0.25) is 0 Å². The molecule has 0 aliphatic heterocycles. The standard InChI is InChI=1S/C33H30GeNS.C14H16NSi.Ir/c1-21-12-13-26-19-23(14-15-25(26)18-21)22(2)24-16-17-35-30(20-24)27-8-6-9-28-32-29(34(3,4)5)10-7-11-31(32)36-33(27)28;1-16(2,3)13-9-10-14(15-11-13)12-7-5-4-6-8-12;/h6-7,9-20,22H,1-5H3;4-7,9-11H,1-3H3;/q2*-1;/i22D;;. The molecule has 8 rings (SSSR count). The van der Waals surface area contributed by atoms with E-state index in [9.17, 15) is 1.37 Å². The summed E-state index contributed by atoms with van der Waals surface area (Å²) in [5.41, 5.74) is 7.12. The predicted octanol–water partition coefficient (Wildman–Crippen LogP) is 12.2. The second-order valence-corrected chi connectivity index (χ2v) is 32.4. The zero-order chi connectivity index (χ0) is 37.5. The molecule has 53 heavy (non-hydrogen) atoms. The minimum absolute atomic E-state index is 0. The number of aryl methyl sites for hydroxylation is 1. The Hall–Kier alpha value is -3.71. The van der Waals surface area contributed by atoms with Crippen molar-refractivity contribution in [2.45, 2.75) is 56.7 Å². The molecule has 0 aliphatic carbocycles. The van der Waals surface area contributed by atoms with Gasteiger partial charge in [0.25, 0.3) is 0 Å². The first-order chi connectivity index (χ1) is 25.2. The summed E-state index contributed by atoms with van der Waals surface area (Å²) in [5.74, 6) is 6.48. The maximum atomic E-state index is 9.40. The van der Waals surface area contributed by atoms with Gasteiger partial charge in [0.05, 0.1) is 8.07 Å². The summed E-state index contributed by atoms with van der Waals surface area (Å²) in [6.07, 6.45) is 3.86. The fraction of sp³-hybridized carbons (Fsp3) is 0.191. The van der Waals surface area contributed by atoms with Crippen LogP contribution in [0.1, 0.15) is 30.9 Å². The number of nitrogens with zero attached hydrogens (tertiary/aromatic N) is 2. The van der Waals surface area contributed by atoms with Crippen LogP contribution in [0.4, 0.5) is 0 Å². The SMILES string of the molecule is C[Si](C)(C)c1ccc(-c2[c-]cccc2)nc1.[2H]C(C)(c1ccnc(-c2[c-]ccc3c2sc2ccc[c]([Ge]([CH3])([CH3])[CH3])c23)c1)c1ccc2cc(C)ccc2c1.[Ir]. The van der Waals surface area contributed by atoms with Gasteiger partial charge in [-0.2, -0.15) is 0 Å². The smallest absolute Gasteiger partial charge is 0 e. The zero-order valence-electron chi connectivity index (χ0n) is 32.8. The number of aromatic nitrogens is 2. The van der Waals surface area contributed by atoms with Crippen LogP contribution in [-0.2, 0) is 20.1 Å². The van der Waals surface area contributed by atoms with Gasteiger partial charge in [-0.25, -0.2) is 0 Å². The Morgan fingerprint density at radius 2 is 1.53 bits per heavy atom. The molecular weight excluding hydrogens is 918 g/mol. The van der Waals surface area contributed by atoms with Crippen molar-refractivity contribution in [3.63, 3.8) is 0 Å². The molecule has 0 saturated carbocycles. The second-order valence-electron chi connectivity index (χ2n) is 15.7. The van der Waals surface area contributed by atoms with Crippen LogP contribution >= 0.6 is 11.3 Å². The summed E-state index contributed by atoms with van der Waals surface area (Å²) in [5, 5.41) is 6.49. The van der Waals surface area contributed by atoms with E-state index in [1.807, 2.05) is 67.1 Å². The van der Waals surface area contributed by atoms with E-state index in [4.69, 9.17) is 4.98 Å². The Morgan fingerprint density at radius 3 is 2.25 bits per heavy atom. The summed E-state index contributed by atoms with van der Waals surface area (Å²) < 4.78 is 13.5. The summed E-state index contributed by atoms with van der Waals surface area (Å²) in [6.45, 7) is 11.1. The number of thiophene rings is 1. The van der Waals surface area contributed by atoms with E-state index in [0.717, 1.165) is 33.6 Å². The molecule has 1 atom stereocenters. The Bertz CT molecular complexity index is 2570. The number of rotatable bonds is 6. The average molecular weight is 965 g/mol. The Kier molecular flexibility index (Phi) is 11.3. The Morgan fingerprint density at radius 1 is 0.755 bits per heavy atom. The van der Waals surface area contributed by atoms with Gasteiger partial charge in [0.1, 0.15) is 0 Å². The summed E-state index contributed by atoms with van der Waals surface area (Å²) in [7, 11) is -1.23. The molecule has 3 heterocycles. The molecule has 5 aromatic carbocycles. The molecule has 2 nitrogen and oxygen atoms in total. The van der Waals surface area contributed by atoms with E-state index in [1.165, 1.54) is 41.7 Å². The third-order valence-corrected chi connectivity index (χ3v) is 17.2. The zero-order valence-corrected chi connectivity index (χ0v) is 38.1. The number of benzene rings is 5. The Balaban J connectivity index is 0.000000246. The number of hydrogen-bond acceptors (Lipinski definition) is 3. The molecule has 1 radical (unpaired) electrons. The maximum absolute atomic E-state index is 9.40. The first-order valence-electron chi connectivity index (χ1n) is 18.5. The van der Waals surface area contributed by atoms with E-state index < -0.39 is 27.2 Å². The van der Waals surface area contributed by atoms with Crippen molar-refractivity contribution >= 4 is 73.2 Å². The molecule has 0 N–H and O–H groups in total.